The van der Waals surface area contributed by atoms with E-state index in [1.54, 1.807) is 0 Å². The molecule has 0 aromatic rings. The maximum absolute atomic E-state index is 12.6. The highest BCUT2D eigenvalue weighted by molar-refractivity contribution is 7.47. The summed E-state index contributed by atoms with van der Waals surface area (Å²) in [4.78, 5) is 22.5. The van der Waals surface area contributed by atoms with E-state index in [0.29, 0.717) is 6.61 Å². The molecular weight excluding hydrogens is 691 g/mol. The van der Waals surface area contributed by atoms with Crippen LogP contribution in [0.4, 0.5) is 0 Å². The topological polar surface area (TPSA) is 132 Å². The van der Waals surface area contributed by atoms with Crippen molar-refractivity contribution < 1.29 is 43.0 Å². The Hall–Kier alpha value is -1.06. The Kier molecular flexibility index (Phi) is 39.8. The van der Waals surface area contributed by atoms with E-state index in [-0.39, 0.29) is 25.6 Å². The van der Waals surface area contributed by atoms with Gasteiger partial charge in [-0.05, 0) is 44.9 Å². The van der Waals surface area contributed by atoms with E-state index < -0.39 is 33.2 Å². The van der Waals surface area contributed by atoms with E-state index >= 15 is 0 Å². The summed E-state index contributed by atoms with van der Waals surface area (Å²) in [5, 5.41) is 18.3. The Bertz CT molecular complexity index is 882. The first-order valence-corrected chi connectivity index (χ1v) is 23.3. The maximum Gasteiger partial charge on any atom is 0.472 e. The number of hydrogen-bond acceptors (Lipinski definition) is 8. The fourth-order valence-electron chi connectivity index (χ4n) is 6.03. The molecule has 3 atom stereocenters. The molecule has 0 rings (SSSR count). The van der Waals surface area contributed by atoms with E-state index in [1.807, 2.05) is 0 Å². The number of aliphatic hydroxyl groups is 2. The fraction of sp³-hybridized carbons (Fsp3) is 0.884. The van der Waals surface area contributed by atoms with E-state index in [9.17, 15) is 19.4 Å². The van der Waals surface area contributed by atoms with E-state index in [2.05, 4.69) is 38.2 Å². The van der Waals surface area contributed by atoms with Crippen LogP contribution < -0.4 is 0 Å². The van der Waals surface area contributed by atoms with Gasteiger partial charge in [0.15, 0.2) is 0 Å². The van der Waals surface area contributed by atoms with Crippen LogP contribution in [0.15, 0.2) is 24.3 Å². The zero-order valence-corrected chi connectivity index (χ0v) is 35.1. The average Bonchev–Trinajstić information content (AvgIpc) is 3.15. The summed E-state index contributed by atoms with van der Waals surface area (Å²) < 4.78 is 33.3. The lowest BCUT2D eigenvalue weighted by molar-refractivity contribution is -0.154. The second-order valence-corrected chi connectivity index (χ2v) is 16.2. The summed E-state index contributed by atoms with van der Waals surface area (Å²) in [6.45, 7) is 3.51. The highest BCUT2D eigenvalue weighted by Gasteiger charge is 2.26. The van der Waals surface area contributed by atoms with Gasteiger partial charge in [0, 0.05) is 13.0 Å². The maximum atomic E-state index is 12.6. The quantitative estimate of drug-likeness (QED) is 0.0240. The first kappa shape index (κ1) is 51.9. The summed E-state index contributed by atoms with van der Waals surface area (Å²) in [5.41, 5.74) is 0. The molecule has 0 bridgehead atoms. The van der Waals surface area contributed by atoms with Crippen LogP contribution in [0.25, 0.3) is 0 Å². The normalized spacial score (nSPS) is 14.3. The van der Waals surface area contributed by atoms with E-state index in [4.69, 9.17) is 23.6 Å². The molecule has 0 aromatic heterocycles. The molecule has 0 amide bonds. The van der Waals surface area contributed by atoms with Crippen molar-refractivity contribution in [3.05, 3.63) is 24.3 Å². The van der Waals surface area contributed by atoms with Crippen LogP contribution in [0.5, 0.6) is 0 Å². The van der Waals surface area contributed by atoms with Gasteiger partial charge in [-0.1, -0.05) is 173 Å². The summed E-state index contributed by atoms with van der Waals surface area (Å²) >= 11 is 0. The Morgan fingerprint density at radius 3 is 1.51 bits per heavy atom. The third-order valence-corrected chi connectivity index (χ3v) is 10.3. The van der Waals surface area contributed by atoms with Crippen molar-refractivity contribution in [2.24, 2.45) is 0 Å². The molecule has 0 saturated heterocycles. The summed E-state index contributed by atoms with van der Waals surface area (Å²) in [6, 6.07) is 0. The minimum absolute atomic E-state index is 0.0519. The van der Waals surface area contributed by atoms with Gasteiger partial charge >= 0.3 is 13.8 Å². The van der Waals surface area contributed by atoms with Crippen molar-refractivity contribution in [3.8, 4) is 0 Å². The van der Waals surface area contributed by atoms with Crippen LogP contribution in [0.3, 0.4) is 0 Å². The van der Waals surface area contributed by atoms with Crippen molar-refractivity contribution in [1.29, 1.82) is 0 Å². The lowest BCUT2D eigenvalue weighted by Gasteiger charge is -2.20. The zero-order valence-electron chi connectivity index (χ0n) is 34.2. The van der Waals surface area contributed by atoms with Gasteiger partial charge in [-0.2, -0.15) is 0 Å². The minimum Gasteiger partial charge on any atom is -0.457 e. The Balaban J connectivity index is 4.03. The molecule has 9 nitrogen and oxygen atoms in total. The number of carbonyl (C=O) groups excluding carboxylic acids is 1. The number of aliphatic hydroxyl groups excluding tert-OH is 2. The Morgan fingerprint density at radius 2 is 1.02 bits per heavy atom. The monoisotopic (exact) mass is 775 g/mol. The van der Waals surface area contributed by atoms with Crippen LogP contribution in [0.1, 0.15) is 200 Å². The number of unbranched alkanes of at least 4 members (excludes halogenated alkanes) is 24. The van der Waals surface area contributed by atoms with Gasteiger partial charge < -0.3 is 24.6 Å². The van der Waals surface area contributed by atoms with Crippen LogP contribution >= 0.6 is 7.82 Å². The molecule has 0 fully saturated rings. The lowest BCUT2D eigenvalue weighted by Crippen LogP contribution is -2.29. The molecule has 3 N–H and O–H groups in total. The second-order valence-electron chi connectivity index (χ2n) is 14.7. The minimum atomic E-state index is -4.51. The van der Waals surface area contributed by atoms with Crippen LogP contribution in [-0.2, 0) is 27.9 Å². The Morgan fingerprint density at radius 1 is 0.585 bits per heavy atom. The number of phosphoric ester groups is 1. The van der Waals surface area contributed by atoms with Crippen molar-refractivity contribution in [2.45, 2.75) is 212 Å². The highest BCUT2D eigenvalue weighted by atomic mass is 31.2. The smallest absolute Gasteiger partial charge is 0.457 e. The molecule has 314 valence electrons. The number of phosphoric acid groups is 1. The predicted octanol–water partition coefficient (Wildman–Crippen LogP) is 11.9. The summed E-state index contributed by atoms with van der Waals surface area (Å²) in [5.74, 6) is -0.384. The first-order valence-electron chi connectivity index (χ1n) is 21.8. The highest BCUT2D eigenvalue weighted by Crippen LogP contribution is 2.43. The number of allylic oxidation sites excluding steroid dienone is 4. The molecule has 0 heterocycles. The van der Waals surface area contributed by atoms with Gasteiger partial charge in [0.05, 0.1) is 26.4 Å². The SMILES string of the molecule is CCCCCCC/C=C\C/C=C\CCCCCCCCCCCCCC(=O)OC(COCCCCCCCCCCC)COP(=O)(O)OCC(O)CO. The number of rotatable bonds is 42. The lowest BCUT2D eigenvalue weighted by atomic mass is 10.0. The largest absolute Gasteiger partial charge is 0.472 e. The first-order chi connectivity index (χ1) is 25.8. The number of hydrogen-bond donors (Lipinski definition) is 3. The van der Waals surface area contributed by atoms with Crippen molar-refractivity contribution in [3.63, 3.8) is 0 Å². The molecule has 10 heteroatoms. The summed E-state index contributed by atoms with van der Waals surface area (Å²) in [7, 11) is -4.51. The van der Waals surface area contributed by atoms with Gasteiger partial charge in [-0.3, -0.25) is 13.8 Å². The molecule has 3 unspecified atom stereocenters. The molecule has 0 radical (unpaired) electrons. The third kappa shape index (κ3) is 40.4. The van der Waals surface area contributed by atoms with Gasteiger partial charge in [0.25, 0.3) is 0 Å². The number of esters is 1. The van der Waals surface area contributed by atoms with Gasteiger partial charge in [0.2, 0.25) is 0 Å². The van der Waals surface area contributed by atoms with Gasteiger partial charge in [-0.15, -0.1) is 0 Å². The number of carbonyl (C=O) groups is 1. The molecule has 0 aliphatic carbocycles. The molecule has 53 heavy (non-hydrogen) atoms. The van der Waals surface area contributed by atoms with Gasteiger partial charge in [0.1, 0.15) is 12.2 Å². The van der Waals surface area contributed by atoms with Gasteiger partial charge in [-0.25, -0.2) is 4.57 Å². The van der Waals surface area contributed by atoms with Crippen LogP contribution in [-0.4, -0.2) is 66.3 Å². The molecule has 0 spiro atoms. The molecular formula is C43H83O9P. The number of ether oxygens (including phenoxy) is 2. The average molecular weight is 775 g/mol. The fourth-order valence-corrected chi connectivity index (χ4v) is 6.82. The van der Waals surface area contributed by atoms with Crippen molar-refractivity contribution in [2.75, 3.05) is 33.0 Å². The third-order valence-electron chi connectivity index (χ3n) is 9.39. The molecule has 0 saturated carbocycles. The zero-order chi connectivity index (χ0) is 38.9. The van der Waals surface area contributed by atoms with E-state index in [0.717, 1.165) is 44.9 Å². The predicted molar refractivity (Wildman–Crippen MR) is 219 cm³/mol. The molecule has 0 aliphatic heterocycles. The second kappa shape index (κ2) is 40.6. The summed E-state index contributed by atoms with van der Waals surface area (Å²) in [6.07, 6.45) is 41.4. The standard InChI is InChI=1S/C43H83O9P/c1-3-5-7-9-11-13-14-15-16-17-18-19-20-21-22-23-24-25-26-27-29-31-33-35-43(46)52-42(40-51-53(47,48)50-38-41(45)37-44)39-49-36-34-32-30-28-12-10-8-6-4-2/h14-15,17-18,41-42,44-45H,3-13,16,19-40H2,1-2H3,(H,47,48)/b15-14-,18-17-. The van der Waals surface area contributed by atoms with Crippen LogP contribution in [0, 0.1) is 0 Å². The van der Waals surface area contributed by atoms with Crippen molar-refractivity contribution >= 4 is 13.8 Å². The Labute approximate surface area is 325 Å². The van der Waals surface area contributed by atoms with E-state index in [1.165, 1.54) is 135 Å². The molecule has 0 aromatic carbocycles. The van der Waals surface area contributed by atoms with Crippen LogP contribution in [0.2, 0.25) is 0 Å². The van der Waals surface area contributed by atoms with Crippen molar-refractivity contribution in [1.82, 2.24) is 0 Å². The molecule has 0 aliphatic rings.